The van der Waals surface area contributed by atoms with Gasteiger partial charge in [-0.15, -0.1) is 0 Å². The molecule has 3 fully saturated rings. The van der Waals surface area contributed by atoms with Gasteiger partial charge in [0.15, 0.2) is 9.84 Å². The number of nitrogens with zero attached hydrogens (tertiary/aromatic N) is 3. The highest BCUT2D eigenvalue weighted by Gasteiger charge is 2.48. The van der Waals surface area contributed by atoms with Crippen molar-refractivity contribution in [3.63, 3.8) is 0 Å². The van der Waals surface area contributed by atoms with Gasteiger partial charge in [0.2, 0.25) is 5.91 Å². The van der Waals surface area contributed by atoms with E-state index in [0.29, 0.717) is 26.2 Å². The van der Waals surface area contributed by atoms with Crippen molar-refractivity contribution in [1.29, 1.82) is 0 Å². The zero-order valence-corrected chi connectivity index (χ0v) is 25.3. The van der Waals surface area contributed by atoms with Gasteiger partial charge in [-0.25, -0.2) is 12.8 Å². The Morgan fingerprint density at radius 3 is 2.21 bits per heavy atom. The first-order valence-electron chi connectivity index (χ1n) is 15.0. The summed E-state index contributed by atoms with van der Waals surface area (Å²) in [6, 6.07) is 23.2. The number of halogens is 1. The van der Waals surface area contributed by atoms with Crippen molar-refractivity contribution in [3.8, 4) is 0 Å². The van der Waals surface area contributed by atoms with Crippen LogP contribution in [-0.2, 0) is 21.2 Å². The Morgan fingerprint density at radius 1 is 0.884 bits per heavy atom. The van der Waals surface area contributed by atoms with Crippen molar-refractivity contribution in [3.05, 3.63) is 101 Å². The molecule has 43 heavy (non-hydrogen) atoms. The van der Waals surface area contributed by atoms with Crippen LogP contribution in [0, 0.1) is 17.2 Å². The molecule has 3 saturated heterocycles. The van der Waals surface area contributed by atoms with E-state index >= 15 is 0 Å². The average Bonchev–Trinajstić information content (AvgIpc) is 3.56. The topological polar surface area (TPSA) is 78.0 Å². The Morgan fingerprint density at radius 2 is 1.53 bits per heavy atom. The number of amides is 2. The Kier molecular flexibility index (Phi) is 8.13. The van der Waals surface area contributed by atoms with Crippen LogP contribution >= 0.6 is 0 Å². The predicted octanol–water partition coefficient (Wildman–Crippen LogP) is 4.60. The largest absolute Gasteiger partial charge is 0.338 e. The first kappa shape index (κ1) is 29.5. The number of hydrogen-bond donors (Lipinski definition) is 0. The first-order valence-corrected chi connectivity index (χ1v) is 16.9. The van der Waals surface area contributed by atoms with Gasteiger partial charge < -0.3 is 14.7 Å². The molecule has 0 bridgehead atoms. The van der Waals surface area contributed by atoms with Crippen LogP contribution in [0.1, 0.15) is 46.7 Å². The van der Waals surface area contributed by atoms with Crippen molar-refractivity contribution in [1.82, 2.24) is 14.7 Å². The van der Waals surface area contributed by atoms with Gasteiger partial charge in [-0.3, -0.25) is 9.59 Å². The molecule has 2 amide bonds. The Balaban J connectivity index is 1.09. The van der Waals surface area contributed by atoms with Gasteiger partial charge in [-0.2, -0.15) is 0 Å². The van der Waals surface area contributed by atoms with Crippen molar-refractivity contribution in [2.75, 3.05) is 45.5 Å². The summed E-state index contributed by atoms with van der Waals surface area (Å²) >= 11 is 0. The maximum absolute atomic E-state index is 14.5. The summed E-state index contributed by atoms with van der Waals surface area (Å²) in [5.74, 6) is -0.191. The van der Waals surface area contributed by atoms with Crippen LogP contribution in [0.2, 0.25) is 0 Å². The van der Waals surface area contributed by atoms with Crippen LogP contribution in [0.5, 0.6) is 0 Å². The van der Waals surface area contributed by atoms with E-state index in [-0.39, 0.29) is 39.5 Å². The standard InChI is InChI=1S/C34H38FN3O4S/c1-43(41,42)28-13-11-25(12-14-28)21-37-20-17-34(33(37)40)15-18-36(19-16-34)22-27-23-38(24-30(27)26-7-3-2-4-8-26)32(39)29-9-5-6-10-31(29)35/h2-14,27,30H,15-24H2,1H3. The van der Waals surface area contributed by atoms with Crippen molar-refractivity contribution in [2.45, 2.75) is 36.6 Å². The molecule has 0 aromatic heterocycles. The smallest absolute Gasteiger partial charge is 0.256 e. The maximum Gasteiger partial charge on any atom is 0.256 e. The second-order valence-electron chi connectivity index (χ2n) is 12.4. The number of benzene rings is 3. The fourth-order valence-corrected chi connectivity index (χ4v) is 7.80. The number of sulfone groups is 1. The van der Waals surface area contributed by atoms with Crippen LogP contribution < -0.4 is 0 Å². The molecule has 0 N–H and O–H groups in total. The van der Waals surface area contributed by atoms with Crippen molar-refractivity contribution >= 4 is 21.7 Å². The fourth-order valence-electron chi connectivity index (χ4n) is 7.17. The van der Waals surface area contributed by atoms with E-state index in [9.17, 15) is 22.4 Å². The molecular formula is C34H38FN3O4S. The number of carbonyl (C=O) groups is 2. The van der Waals surface area contributed by atoms with E-state index in [0.717, 1.165) is 44.5 Å². The van der Waals surface area contributed by atoms with Gasteiger partial charge in [0, 0.05) is 44.9 Å². The quantitative estimate of drug-likeness (QED) is 0.395. The predicted molar refractivity (Wildman–Crippen MR) is 163 cm³/mol. The number of likely N-dealkylation sites (tertiary alicyclic amines) is 3. The van der Waals surface area contributed by atoms with Gasteiger partial charge in [-0.1, -0.05) is 54.6 Å². The molecule has 9 heteroatoms. The summed E-state index contributed by atoms with van der Waals surface area (Å²) < 4.78 is 38.0. The summed E-state index contributed by atoms with van der Waals surface area (Å²) in [4.78, 5) is 33.4. The molecule has 3 heterocycles. The molecule has 0 radical (unpaired) electrons. The summed E-state index contributed by atoms with van der Waals surface area (Å²) in [5, 5.41) is 0. The molecule has 7 nitrogen and oxygen atoms in total. The monoisotopic (exact) mass is 603 g/mol. The normalized spacial score (nSPS) is 22.4. The van der Waals surface area contributed by atoms with Gasteiger partial charge >= 0.3 is 0 Å². The number of rotatable bonds is 7. The zero-order valence-electron chi connectivity index (χ0n) is 24.5. The Hall–Kier alpha value is -3.56. The Bertz CT molecular complexity index is 1590. The minimum atomic E-state index is -3.25. The SMILES string of the molecule is CS(=O)(=O)c1ccc(CN2CCC3(CCN(CC4CN(C(=O)c5ccccc5F)CC4c4ccccc4)CC3)C2=O)cc1. The average molecular weight is 604 g/mol. The van der Waals surface area contributed by atoms with Crippen LogP contribution in [0.3, 0.4) is 0 Å². The van der Waals surface area contributed by atoms with Gasteiger partial charge in [0.25, 0.3) is 5.91 Å². The lowest BCUT2D eigenvalue weighted by Crippen LogP contribution is -2.46. The van der Waals surface area contributed by atoms with Gasteiger partial charge in [-0.05, 0) is 73.7 Å². The highest BCUT2D eigenvalue weighted by Crippen LogP contribution is 2.43. The van der Waals surface area contributed by atoms with E-state index in [1.807, 2.05) is 23.1 Å². The zero-order chi connectivity index (χ0) is 30.2. The molecule has 3 aromatic carbocycles. The summed E-state index contributed by atoms with van der Waals surface area (Å²) in [6.45, 7) is 4.78. The molecule has 0 saturated carbocycles. The maximum atomic E-state index is 14.5. The van der Waals surface area contributed by atoms with E-state index in [4.69, 9.17) is 0 Å². The third kappa shape index (κ3) is 6.10. The van der Waals surface area contributed by atoms with Gasteiger partial charge in [0.05, 0.1) is 15.9 Å². The second-order valence-corrected chi connectivity index (χ2v) is 14.5. The summed E-state index contributed by atoms with van der Waals surface area (Å²) in [7, 11) is -3.25. The molecule has 3 aliphatic rings. The molecule has 2 unspecified atom stereocenters. The molecule has 6 rings (SSSR count). The second kappa shape index (κ2) is 11.8. The lowest BCUT2D eigenvalue weighted by atomic mass is 9.76. The first-order chi connectivity index (χ1) is 20.6. The van der Waals surface area contributed by atoms with Crippen molar-refractivity contribution in [2.24, 2.45) is 11.3 Å². The van der Waals surface area contributed by atoms with Crippen LogP contribution in [0.4, 0.5) is 4.39 Å². The molecule has 2 atom stereocenters. The van der Waals surface area contributed by atoms with E-state index in [2.05, 4.69) is 17.0 Å². The van der Waals surface area contributed by atoms with E-state index < -0.39 is 15.7 Å². The molecule has 1 spiro atoms. The third-order valence-corrected chi connectivity index (χ3v) is 10.8. The number of piperidine rings is 1. The molecule has 3 aliphatic heterocycles. The van der Waals surface area contributed by atoms with Crippen LogP contribution in [0.15, 0.2) is 83.8 Å². The number of hydrogen-bond acceptors (Lipinski definition) is 5. The molecule has 0 aliphatic carbocycles. The van der Waals surface area contributed by atoms with E-state index in [1.54, 1.807) is 47.4 Å². The molecular weight excluding hydrogens is 565 g/mol. The highest BCUT2D eigenvalue weighted by molar-refractivity contribution is 7.90. The fraction of sp³-hybridized carbons (Fsp3) is 0.412. The minimum Gasteiger partial charge on any atom is -0.338 e. The highest BCUT2D eigenvalue weighted by atomic mass is 32.2. The van der Waals surface area contributed by atoms with Crippen LogP contribution in [-0.4, -0.2) is 80.5 Å². The number of carbonyl (C=O) groups excluding carboxylic acids is 2. The lowest BCUT2D eigenvalue weighted by molar-refractivity contribution is -0.139. The Labute approximate surface area is 253 Å². The lowest BCUT2D eigenvalue weighted by Gasteiger charge is -2.39. The van der Waals surface area contributed by atoms with Crippen molar-refractivity contribution < 1.29 is 22.4 Å². The molecule has 3 aromatic rings. The third-order valence-electron chi connectivity index (χ3n) is 9.69. The minimum absolute atomic E-state index is 0.116. The summed E-state index contributed by atoms with van der Waals surface area (Å²) in [6.07, 6.45) is 3.63. The summed E-state index contributed by atoms with van der Waals surface area (Å²) in [5.41, 5.74) is 1.89. The van der Waals surface area contributed by atoms with Gasteiger partial charge in [0.1, 0.15) is 5.82 Å². The van der Waals surface area contributed by atoms with E-state index in [1.165, 1.54) is 17.9 Å². The molecule has 226 valence electrons. The van der Waals surface area contributed by atoms with Crippen LogP contribution in [0.25, 0.3) is 0 Å².